The maximum atomic E-state index is 2.58. The van der Waals surface area contributed by atoms with E-state index in [2.05, 4.69) is 43.0 Å². The number of hydrogen-bond donors (Lipinski definition) is 0. The number of nitrogens with zero attached hydrogens (tertiary/aromatic N) is 2. The molecule has 0 bridgehead atoms. The van der Waals surface area contributed by atoms with Crippen molar-refractivity contribution in [3.63, 3.8) is 0 Å². The molecule has 0 N–H and O–H groups in total. The van der Waals surface area contributed by atoms with Gasteiger partial charge >= 0.3 is 0 Å². The fraction of sp³-hybridized carbons (Fsp3) is 0.900. The molecule has 0 fully saturated rings. The Morgan fingerprint density at radius 2 is 1.18 bits per heavy atom. The molecule has 1 atom stereocenters. The second kappa shape index (κ2) is 12.8. The topological polar surface area (TPSA) is 6.48 Å². The Balaban J connectivity index is 2.06. The van der Waals surface area contributed by atoms with Crippen LogP contribution in [-0.2, 0) is 0 Å². The molecule has 1 heterocycles. The smallest absolute Gasteiger partial charge is 0.101 e. The average Bonchev–Trinajstić information content (AvgIpc) is 2.93. The first-order valence-electron chi connectivity index (χ1n) is 10.0. The summed E-state index contributed by atoms with van der Waals surface area (Å²) in [6.07, 6.45) is 22.0. The fourth-order valence-electron chi connectivity index (χ4n) is 3.42. The molecule has 0 spiro atoms. The summed E-state index contributed by atoms with van der Waals surface area (Å²) >= 11 is 0. The summed E-state index contributed by atoms with van der Waals surface area (Å²) in [5.74, 6) is 0. The second-order valence-electron chi connectivity index (χ2n) is 6.82. The molecule has 0 saturated heterocycles. The Morgan fingerprint density at radius 3 is 1.77 bits per heavy atom. The minimum absolute atomic E-state index is 0.638. The van der Waals surface area contributed by atoms with Crippen LogP contribution in [-0.4, -0.2) is 29.1 Å². The molecule has 0 aromatic carbocycles. The molecule has 0 radical (unpaired) electrons. The summed E-state index contributed by atoms with van der Waals surface area (Å²) in [5, 5.41) is 0. The van der Waals surface area contributed by atoms with Crippen LogP contribution in [0.25, 0.3) is 0 Å². The highest BCUT2D eigenvalue weighted by molar-refractivity contribution is 4.96. The molecule has 130 valence electrons. The van der Waals surface area contributed by atoms with Crippen molar-refractivity contribution in [2.24, 2.45) is 0 Å². The first-order chi connectivity index (χ1) is 10.8. The van der Waals surface area contributed by atoms with E-state index in [0.717, 1.165) is 6.54 Å². The second-order valence-corrected chi connectivity index (χ2v) is 6.82. The van der Waals surface area contributed by atoms with Gasteiger partial charge in [0, 0.05) is 25.5 Å². The van der Waals surface area contributed by atoms with E-state index in [1.807, 2.05) is 0 Å². The fourth-order valence-corrected chi connectivity index (χ4v) is 3.42. The summed E-state index contributed by atoms with van der Waals surface area (Å²) in [6, 6.07) is 0. The van der Waals surface area contributed by atoms with E-state index in [1.165, 1.54) is 83.6 Å². The molecule has 1 aliphatic heterocycles. The Morgan fingerprint density at radius 1 is 0.636 bits per heavy atom. The molecule has 0 aliphatic carbocycles. The monoisotopic (exact) mass is 308 g/mol. The summed E-state index contributed by atoms with van der Waals surface area (Å²) in [4.78, 5) is 5.09. The van der Waals surface area contributed by atoms with Gasteiger partial charge in [-0.1, -0.05) is 71.6 Å². The lowest BCUT2D eigenvalue weighted by molar-refractivity contribution is 0.143. The Labute approximate surface area is 139 Å². The lowest BCUT2D eigenvalue weighted by atomic mass is 10.1. The van der Waals surface area contributed by atoms with E-state index in [9.17, 15) is 0 Å². The molecule has 2 nitrogen and oxygen atoms in total. The molecular weight excluding hydrogens is 268 g/mol. The van der Waals surface area contributed by atoms with Crippen LogP contribution in [0.2, 0.25) is 0 Å². The van der Waals surface area contributed by atoms with Crippen LogP contribution in [0.5, 0.6) is 0 Å². The molecule has 0 aromatic heterocycles. The van der Waals surface area contributed by atoms with Crippen molar-refractivity contribution in [3.8, 4) is 0 Å². The molecule has 1 rings (SSSR count). The minimum atomic E-state index is 0.638. The third-order valence-electron chi connectivity index (χ3n) is 4.92. The van der Waals surface area contributed by atoms with Gasteiger partial charge in [-0.15, -0.1) is 0 Å². The van der Waals surface area contributed by atoms with Gasteiger partial charge in [0.2, 0.25) is 0 Å². The highest BCUT2D eigenvalue weighted by Gasteiger charge is 2.23. The van der Waals surface area contributed by atoms with Crippen molar-refractivity contribution < 1.29 is 0 Å². The zero-order valence-electron chi connectivity index (χ0n) is 15.5. The third-order valence-corrected chi connectivity index (χ3v) is 4.92. The molecule has 1 unspecified atom stereocenters. The van der Waals surface area contributed by atoms with E-state index in [1.54, 1.807) is 0 Å². The highest BCUT2D eigenvalue weighted by Crippen LogP contribution is 2.21. The van der Waals surface area contributed by atoms with Crippen molar-refractivity contribution in [2.75, 3.05) is 13.1 Å². The van der Waals surface area contributed by atoms with Crippen LogP contribution >= 0.6 is 0 Å². The third kappa shape index (κ3) is 7.56. The molecular formula is C20H40N2. The van der Waals surface area contributed by atoms with Crippen LogP contribution in [0.15, 0.2) is 12.4 Å². The first-order valence-corrected chi connectivity index (χ1v) is 10.0. The predicted molar refractivity (Wildman–Crippen MR) is 98.8 cm³/mol. The zero-order valence-corrected chi connectivity index (χ0v) is 15.5. The molecule has 0 aromatic rings. The lowest BCUT2D eigenvalue weighted by Crippen LogP contribution is -2.38. The van der Waals surface area contributed by atoms with E-state index in [4.69, 9.17) is 0 Å². The first kappa shape index (κ1) is 19.4. The number of rotatable bonds is 14. The Hall–Kier alpha value is -0.660. The van der Waals surface area contributed by atoms with Gasteiger partial charge in [0.25, 0.3) is 0 Å². The number of unbranched alkanes of at least 4 members (excludes halogenated alkanes) is 9. The summed E-state index contributed by atoms with van der Waals surface area (Å²) in [5.41, 5.74) is 0. The summed E-state index contributed by atoms with van der Waals surface area (Å²) in [6.45, 7) is 9.24. The van der Waals surface area contributed by atoms with Gasteiger partial charge in [-0.2, -0.15) is 0 Å². The van der Waals surface area contributed by atoms with E-state index in [0.29, 0.717) is 6.17 Å². The average molecular weight is 309 g/mol. The van der Waals surface area contributed by atoms with Crippen molar-refractivity contribution in [1.82, 2.24) is 9.80 Å². The standard InChI is InChI=1S/C20H40N2/c1-4-7-9-10-11-12-13-14-15-17-22-19-18-21(6-3)20(22)16-8-5-2/h18-20H,4-17H2,1-3H3. The molecule has 0 saturated carbocycles. The van der Waals surface area contributed by atoms with Crippen molar-refractivity contribution in [3.05, 3.63) is 12.4 Å². The normalized spacial score (nSPS) is 17.7. The molecule has 1 aliphatic rings. The van der Waals surface area contributed by atoms with Crippen LogP contribution in [0.1, 0.15) is 97.8 Å². The van der Waals surface area contributed by atoms with E-state index >= 15 is 0 Å². The van der Waals surface area contributed by atoms with Gasteiger partial charge in [-0.25, -0.2) is 0 Å². The highest BCUT2D eigenvalue weighted by atomic mass is 15.4. The summed E-state index contributed by atoms with van der Waals surface area (Å²) < 4.78 is 0. The van der Waals surface area contributed by atoms with Crippen LogP contribution in [0.3, 0.4) is 0 Å². The van der Waals surface area contributed by atoms with Crippen LogP contribution < -0.4 is 0 Å². The predicted octanol–water partition coefficient (Wildman–Crippen LogP) is 6.14. The summed E-state index contributed by atoms with van der Waals surface area (Å²) in [7, 11) is 0. The molecule has 2 heteroatoms. The van der Waals surface area contributed by atoms with Gasteiger partial charge < -0.3 is 9.80 Å². The van der Waals surface area contributed by atoms with Crippen molar-refractivity contribution in [1.29, 1.82) is 0 Å². The SMILES string of the molecule is CCCCCCCCCCCN1C=CN(CC)C1CCCC. The van der Waals surface area contributed by atoms with Crippen molar-refractivity contribution >= 4 is 0 Å². The van der Waals surface area contributed by atoms with Gasteiger partial charge in [-0.3, -0.25) is 0 Å². The van der Waals surface area contributed by atoms with Gasteiger partial charge in [0.05, 0.1) is 0 Å². The Bertz CT molecular complexity index is 275. The van der Waals surface area contributed by atoms with Gasteiger partial charge in [0.15, 0.2) is 0 Å². The van der Waals surface area contributed by atoms with E-state index in [-0.39, 0.29) is 0 Å². The Kier molecular flexibility index (Phi) is 11.3. The molecule has 22 heavy (non-hydrogen) atoms. The van der Waals surface area contributed by atoms with Crippen LogP contribution in [0.4, 0.5) is 0 Å². The maximum Gasteiger partial charge on any atom is 0.101 e. The minimum Gasteiger partial charge on any atom is -0.356 e. The molecule has 0 amide bonds. The lowest BCUT2D eigenvalue weighted by Gasteiger charge is -2.32. The van der Waals surface area contributed by atoms with Gasteiger partial charge in [0.1, 0.15) is 6.17 Å². The van der Waals surface area contributed by atoms with Gasteiger partial charge in [-0.05, 0) is 26.2 Å². The maximum absolute atomic E-state index is 2.58. The number of hydrogen-bond acceptors (Lipinski definition) is 2. The zero-order chi connectivity index (χ0) is 16.0. The largest absolute Gasteiger partial charge is 0.356 e. The quantitative estimate of drug-likeness (QED) is 0.355. The van der Waals surface area contributed by atoms with Crippen molar-refractivity contribution in [2.45, 2.75) is 104 Å². The van der Waals surface area contributed by atoms with E-state index < -0.39 is 0 Å². The van der Waals surface area contributed by atoms with Crippen LogP contribution in [0, 0.1) is 0 Å².